The first kappa shape index (κ1) is 6.28. The topological polar surface area (TPSA) is 20.2 Å². The average Bonchev–Trinajstić information content (AvgIpc) is 1.35. The van der Waals surface area contributed by atoms with Crippen LogP contribution >= 0.6 is 0 Å². The van der Waals surface area contributed by atoms with Crippen LogP contribution in [0.1, 0.15) is 0 Å². The SMILES string of the molecule is [B][B][B]B([B])O. The third-order valence-electron chi connectivity index (χ3n) is 0.308. The van der Waals surface area contributed by atoms with Crippen LogP contribution in [0.5, 0.6) is 0 Å². The zero-order chi connectivity index (χ0) is 4.99. The lowest BCUT2D eigenvalue weighted by molar-refractivity contribution is 0.613. The Hall–Kier alpha value is 0.285. The smallest absolute Gasteiger partial charge is 0.181 e. The zero-order valence-corrected chi connectivity index (χ0v) is 3.33. The van der Waals surface area contributed by atoms with Gasteiger partial charge in [0, 0.05) is 21.9 Å². The molecule has 0 aliphatic carbocycles. The van der Waals surface area contributed by atoms with Crippen LogP contribution in [-0.4, -0.2) is 41.3 Å². The van der Waals surface area contributed by atoms with Gasteiger partial charge in [-0.15, -0.1) is 0 Å². The van der Waals surface area contributed by atoms with E-state index >= 15 is 0 Å². The predicted octanol–water partition coefficient (Wildman–Crippen LogP) is -2.46. The lowest BCUT2D eigenvalue weighted by Gasteiger charge is -1.88. The molecular formula is HB5O. The van der Waals surface area contributed by atoms with Gasteiger partial charge < -0.3 is 5.02 Å². The Morgan fingerprint density at radius 3 is 2.17 bits per heavy atom. The van der Waals surface area contributed by atoms with Crippen molar-refractivity contribution in [1.29, 1.82) is 0 Å². The first-order valence-electron chi connectivity index (χ1n) is 1.59. The van der Waals surface area contributed by atoms with Crippen LogP contribution in [0.2, 0.25) is 0 Å². The van der Waals surface area contributed by atoms with Crippen molar-refractivity contribution in [1.82, 2.24) is 0 Å². The van der Waals surface area contributed by atoms with Crippen LogP contribution in [0, 0.1) is 0 Å². The summed E-state index contributed by atoms with van der Waals surface area (Å²) < 4.78 is 0. The van der Waals surface area contributed by atoms with Gasteiger partial charge in [-0.3, -0.25) is 0 Å². The summed E-state index contributed by atoms with van der Waals surface area (Å²) in [5.74, 6) is 0. The molecule has 6 heavy (non-hydrogen) atoms. The fourth-order valence-electron chi connectivity index (χ4n) is 0.114. The first-order valence-corrected chi connectivity index (χ1v) is 1.59. The summed E-state index contributed by atoms with van der Waals surface area (Å²) >= 11 is 0. The van der Waals surface area contributed by atoms with Gasteiger partial charge in [-0.05, 0) is 0 Å². The molecule has 0 spiro atoms. The minimum atomic E-state index is -0.907. The molecule has 0 aromatic heterocycles. The Balaban J connectivity index is 2.63. The Bertz CT molecular complexity index is 25.1. The van der Waals surface area contributed by atoms with Gasteiger partial charge in [0.15, 0.2) is 6.70 Å². The standard InChI is InChI=1S/B5HO/c1-3-4-5(2)6/h6H. The van der Waals surface area contributed by atoms with E-state index in [2.05, 4.69) is 0 Å². The highest BCUT2D eigenvalue weighted by Crippen LogP contribution is 1.53. The lowest BCUT2D eigenvalue weighted by atomic mass is 9.04. The third-order valence-corrected chi connectivity index (χ3v) is 0.308. The molecule has 1 N–H and O–H groups in total. The molecule has 0 aromatic carbocycles. The zero-order valence-electron chi connectivity index (χ0n) is 3.33. The first-order chi connectivity index (χ1) is 2.77. The van der Waals surface area contributed by atoms with E-state index in [1.165, 1.54) is 14.1 Å². The van der Waals surface area contributed by atoms with Crippen molar-refractivity contribution in [3.63, 3.8) is 0 Å². The van der Waals surface area contributed by atoms with E-state index in [-0.39, 0.29) is 0 Å². The second-order valence-electron chi connectivity index (χ2n) is 0.875. The summed E-state index contributed by atoms with van der Waals surface area (Å²) in [6.45, 7) is -0.907. The van der Waals surface area contributed by atoms with E-state index in [4.69, 9.17) is 20.5 Å². The average molecular weight is 71.1 g/mol. The van der Waals surface area contributed by atoms with Crippen LogP contribution in [-0.2, 0) is 0 Å². The summed E-state index contributed by atoms with van der Waals surface area (Å²) in [6.07, 6.45) is 0. The normalized spacial score (nSPS) is 6.83. The Morgan fingerprint density at radius 2 is 2.17 bits per heavy atom. The molecule has 22 valence electrons. The molecule has 0 saturated carbocycles. The molecular weight excluding hydrogens is 70.1 g/mol. The maximum absolute atomic E-state index is 8.16. The van der Waals surface area contributed by atoms with Gasteiger partial charge in [0.25, 0.3) is 0 Å². The van der Waals surface area contributed by atoms with Crippen molar-refractivity contribution in [2.75, 3.05) is 0 Å². The molecule has 0 atom stereocenters. The molecule has 0 aromatic rings. The van der Waals surface area contributed by atoms with Crippen LogP contribution in [0.3, 0.4) is 0 Å². The van der Waals surface area contributed by atoms with Crippen molar-refractivity contribution in [3.05, 3.63) is 0 Å². The Morgan fingerprint density at radius 1 is 1.67 bits per heavy atom. The fraction of sp³-hybridized carbons (Fsp3) is 0. The summed E-state index contributed by atoms with van der Waals surface area (Å²) in [5.41, 5.74) is 0. The molecule has 0 amide bonds. The van der Waals surface area contributed by atoms with Gasteiger partial charge in [0.1, 0.15) is 0 Å². The monoisotopic (exact) mass is 72.0 g/mol. The van der Waals surface area contributed by atoms with E-state index in [1.54, 1.807) is 0 Å². The minimum absolute atomic E-state index is 0.907. The van der Waals surface area contributed by atoms with Crippen molar-refractivity contribution >= 4 is 36.3 Å². The third kappa shape index (κ3) is 4.28. The number of rotatable bonds is 2. The highest BCUT2D eigenvalue weighted by atomic mass is 16.2. The van der Waals surface area contributed by atoms with E-state index in [9.17, 15) is 0 Å². The molecule has 0 aliphatic heterocycles. The van der Waals surface area contributed by atoms with Crippen LogP contribution in [0.4, 0.5) is 0 Å². The molecule has 0 rings (SSSR count). The van der Waals surface area contributed by atoms with E-state index in [0.29, 0.717) is 0 Å². The van der Waals surface area contributed by atoms with Gasteiger partial charge in [0.05, 0.1) is 7.74 Å². The molecule has 0 saturated heterocycles. The quantitative estimate of drug-likeness (QED) is 0.358. The van der Waals surface area contributed by atoms with Crippen molar-refractivity contribution in [3.8, 4) is 0 Å². The predicted molar refractivity (Wildman–Crippen MR) is 31.0 cm³/mol. The molecule has 6 radical (unpaired) electrons. The highest BCUT2D eigenvalue weighted by molar-refractivity contribution is 7.53. The Kier molecular flexibility index (Phi) is 3.64. The van der Waals surface area contributed by atoms with Gasteiger partial charge in [0.2, 0.25) is 0 Å². The van der Waals surface area contributed by atoms with Crippen LogP contribution in [0.25, 0.3) is 0 Å². The Labute approximate surface area is 42.2 Å². The highest BCUT2D eigenvalue weighted by Gasteiger charge is 1.95. The molecule has 0 bridgehead atoms. The molecule has 0 unspecified atom stereocenters. The number of hydrogen-bond acceptors (Lipinski definition) is 1. The molecule has 0 aliphatic rings. The van der Waals surface area contributed by atoms with Crippen molar-refractivity contribution in [2.24, 2.45) is 0 Å². The molecule has 0 heterocycles. The summed E-state index contributed by atoms with van der Waals surface area (Å²) in [4.78, 5) is 0. The van der Waals surface area contributed by atoms with Crippen molar-refractivity contribution < 1.29 is 5.02 Å². The van der Waals surface area contributed by atoms with E-state index in [0.717, 1.165) is 0 Å². The van der Waals surface area contributed by atoms with Gasteiger partial charge in [-0.25, -0.2) is 0 Å². The van der Waals surface area contributed by atoms with E-state index in [1.807, 2.05) is 0 Å². The summed E-state index contributed by atoms with van der Waals surface area (Å²) in [7, 11) is 12.1. The molecule has 0 fully saturated rings. The summed E-state index contributed by atoms with van der Waals surface area (Å²) in [6, 6.07) is 0. The van der Waals surface area contributed by atoms with Crippen molar-refractivity contribution in [2.45, 2.75) is 0 Å². The van der Waals surface area contributed by atoms with Gasteiger partial charge in [-0.2, -0.15) is 0 Å². The largest absolute Gasteiger partial charge is 0.470 e. The maximum atomic E-state index is 8.16. The van der Waals surface area contributed by atoms with Crippen LogP contribution < -0.4 is 0 Å². The lowest BCUT2D eigenvalue weighted by Crippen LogP contribution is -2.27. The van der Waals surface area contributed by atoms with Crippen LogP contribution in [0.15, 0.2) is 0 Å². The fourth-order valence-corrected chi connectivity index (χ4v) is 0.114. The molecule has 1 nitrogen and oxygen atoms in total. The molecule has 6 heteroatoms. The minimum Gasteiger partial charge on any atom is -0.470 e. The number of hydrogen-bond donors (Lipinski definition) is 1. The van der Waals surface area contributed by atoms with Gasteiger partial charge >= 0.3 is 0 Å². The van der Waals surface area contributed by atoms with E-state index < -0.39 is 6.70 Å². The summed E-state index contributed by atoms with van der Waals surface area (Å²) in [5, 5.41) is 8.16. The maximum Gasteiger partial charge on any atom is 0.181 e. The second kappa shape index (κ2) is 3.47. The second-order valence-corrected chi connectivity index (χ2v) is 0.875. The van der Waals surface area contributed by atoms with Gasteiger partial charge in [-0.1, -0.05) is 0 Å².